The maximum absolute atomic E-state index is 12.4. The van der Waals surface area contributed by atoms with Gasteiger partial charge in [-0.2, -0.15) is 0 Å². The summed E-state index contributed by atoms with van der Waals surface area (Å²) in [5.74, 6) is 0. The van der Waals surface area contributed by atoms with Gasteiger partial charge in [-0.15, -0.1) is 0 Å². The molecule has 2 rings (SSSR count). The second-order valence-electron chi connectivity index (χ2n) is 4.16. The first-order valence-corrected chi connectivity index (χ1v) is 8.83. The molecule has 0 aliphatic rings. The van der Waals surface area contributed by atoms with E-state index in [-0.39, 0.29) is 16.5 Å². The first kappa shape index (κ1) is 16.6. The molecule has 0 atom stereocenters. The van der Waals surface area contributed by atoms with Gasteiger partial charge in [-0.05, 0) is 30.3 Å². The van der Waals surface area contributed by atoms with Crippen LogP contribution in [0, 0.1) is 0 Å². The highest BCUT2D eigenvalue weighted by molar-refractivity contribution is 9.10. The van der Waals surface area contributed by atoms with E-state index < -0.39 is 10.0 Å². The van der Waals surface area contributed by atoms with Gasteiger partial charge in [0, 0.05) is 27.3 Å². The Balaban J connectivity index is 2.45. The summed E-state index contributed by atoms with van der Waals surface area (Å²) in [5, 5.41) is 0.372. The van der Waals surface area contributed by atoms with Crippen molar-refractivity contribution in [1.29, 1.82) is 0 Å². The standard InChI is InChI=1S/C13H11BrCl2N2O2S/c14-8-2-1-3-9(6-8)18-21(19,20)12-5-4-11(15)10(7-17)13(12)16/h1-6,18H,7,17H2. The molecule has 0 aromatic heterocycles. The Morgan fingerprint density at radius 1 is 1.19 bits per heavy atom. The van der Waals surface area contributed by atoms with Crippen LogP contribution < -0.4 is 10.5 Å². The van der Waals surface area contributed by atoms with Crippen molar-refractivity contribution in [2.24, 2.45) is 5.73 Å². The zero-order valence-electron chi connectivity index (χ0n) is 10.6. The third-order valence-electron chi connectivity index (χ3n) is 2.72. The molecule has 0 radical (unpaired) electrons. The first-order chi connectivity index (χ1) is 9.85. The Hall–Kier alpha value is -0.790. The summed E-state index contributed by atoms with van der Waals surface area (Å²) in [5.41, 5.74) is 6.37. The zero-order valence-corrected chi connectivity index (χ0v) is 14.5. The molecule has 0 fully saturated rings. The fraction of sp³-hybridized carbons (Fsp3) is 0.0769. The molecule has 0 aliphatic heterocycles. The van der Waals surface area contributed by atoms with Gasteiger partial charge >= 0.3 is 0 Å². The third-order valence-corrected chi connectivity index (χ3v) is 5.54. The Kier molecular flexibility index (Phi) is 5.16. The lowest BCUT2D eigenvalue weighted by atomic mass is 10.2. The minimum Gasteiger partial charge on any atom is -0.326 e. The largest absolute Gasteiger partial charge is 0.326 e. The van der Waals surface area contributed by atoms with E-state index in [1.807, 2.05) is 0 Å². The fourth-order valence-electron chi connectivity index (χ4n) is 1.73. The summed E-state index contributed by atoms with van der Waals surface area (Å²) in [7, 11) is -3.83. The van der Waals surface area contributed by atoms with E-state index in [2.05, 4.69) is 20.7 Å². The maximum atomic E-state index is 12.4. The Morgan fingerprint density at radius 2 is 1.90 bits per heavy atom. The number of hydrogen-bond acceptors (Lipinski definition) is 3. The van der Waals surface area contributed by atoms with Gasteiger partial charge < -0.3 is 5.73 Å². The predicted octanol–water partition coefficient (Wildman–Crippen LogP) is 4.02. The van der Waals surface area contributed by atoms with E-state index in [0.29, 0.717) is 16.3 Å². The average Bonchev–Trinajstić information content (AvgIpc) is 2.38. The molecule has 4 nitrogen and oxygen atoms in total. The van der Waals surface area contributed by atoms with Crippen molar-refractivity contribution in [2.75, 3.05) is 4.72 Å². The smallest absolute Gasteiger partial charge is 0.263 e. The average molecular weight is 410 g/mol. The molecule has 0 spiro atoms. The van der Waals surface area contributed by atoms with Crippen molar-refractivity contribution in [2.45, 2.75) is 11.4 Å². The topological polar surface area (TPSA) is 72.2 Å². The van der Waals surface area contributed by atoms with E-state index in [1.165, 1.54) is 12.1 Å². The summed E-state index contributed by atoms with van der Waals surface area (Å²) < 4.78 is 28.1. The number of rotatable bonds is 4. The molecule has 0 aliphatic carbocycles. The molecular formula is C13H11BrCl2N2O2S. The Labute approximate surface area is 141 Å². The second kappa shape index (κ2) is 6.54. The van der Waals surface area contributed by atoms with E-state index in [4.69, 9.17) is 28.9 Å². The van der Waals surface area contributed by atoms with Gasteiger partial charge in [0.1, 0.15) is 4.90 Å². The summed E-state index contributed by atoms with van der Waals surface area (Å²) in [6.07, 6.45) is 0. The third kappa shape index (κ3) is 3.70. The monoisotopic (exact) mass is 408 g/mol. The minimum absolute atomic E-state index is 0.0347. The van der Waals surface area contributed by atoms with Crippen LogP contribution in [0.4, 0.5) is 5.69 Å². The number of sulfonamides is 1. The molecule has 2 aromatic carbocycles. The van der Waals surface area contributed by atoms with Gasteiger partial charge in [-0.1, -0.05) is 45.2 Å². The summed E-state index contributed by atoms with van der Waals surface area (Å²) in [4.78, 5) is -0.0611. The van der Waals surface area contributed by atoms with Crippen LogP contribution in [0.5, 0.6) is 0 Å². The fourth-order valence-corrected chi connectivity index (χ4v) is 4.12. The van der Waals surface area contributed by atoms with Crippen LogP contribution >= 0.6 is 39.1 Å². The predicted molar refractivity (Wildman–Crippen MR) is 89.3 cm³/mol. The van der Waals surface area contributed by atoms with Crippen LogP contribution in [-0.2, 0) is 16.6 Å². The van der Waals surface area contributed by atoms with Crippen molar-refractivity contribution in [3.05, 3.63) is 56.5 Å². The quantitative estimate of drug-likeness (QED) is 0.800. The van der Waals surface area contributed by atoms with E-state index in [0.717, 1.165) is 4.47 Å². The van der Waals surface area contributed by atoms with Crippen molar-refractivity contribution in [1.82, 2.24) is 0 Å². The van der Waals surface area contributed by atoms with Gasteiger partial charge in [-0.3, -0.25) is 4.72 Å². The van der Waals surface area contributed by atoms with Crippen molar-refractivity contribution in [3.63, 3.8) is 0 Å². The molecule has 112 valence electrons. The zero-order chi connectivity index (χ0) is 15.6. The number of anilines is 1. The van der Waals surface area contributed by atoms with Crippen LogP contribution in [0.25, 0.3) is 0 Å². The molecule has 0 unspecified atom stereocenters. The summed E-state index contributed by atoms with van der Waals surface area (Å²) >= 11 is 15.3. The van der Waals surface area contributed by atoms with Crippen molar-refractivity contribution >= 4 is 54.8 Å². The molecule has 0 saturated carbocycles. The van der Waals surface area contributed by atoms with E-state index in [9.17, 15) is 8.42 Å². The van der Waals surface area contributed by atoms with E-state index in [1.54, 1.807) is 24.3 Å². The van der Waals surface area contributed by atoms with Crippen LogP contribution in [-0.4, -0.2) is 8.42 Å². The SMILES string of the molecule is NCc1c(Cl)ccc(S(=O)(=O)Nc2cccc(Br)c2)c1Cl. The molecule has 21 heavy (non-hydrogen) atoms. The van der Waals surface area contributed by atoms with Crippen LogP contribution in [0.1, 0.15) is 5.56 Å². The highest BCUT2D eigenvalue weighted by Crippen LogP contribution is 2.32. The van der Waals surface area contributed by atoms with Crippen molar-refractivity contribution in [3.8, 4) is 0 Å². The van der Waals surface area contributed by atoms with E-state index >= 15 is 0 Å². The second-order valence-corrected chi connectivity index (χ2v) is 7.51. The molecule has 0 heterocycles. The molecule has 8 heteroatoms. The normalized spacial score (nSPS) is 11.4. The Bertz CT molecular complexity index is 782. The van der Waals surface area contributed by atoms with Crippen LogP contribution in [0.2, 0.25) is 10.0 Å². The molecule has 2 aromatic rings. The molecule has 3 N–H and O–H groups in total. The molecule has 0 bridgehead atoms. The van der Waals surface area contributed by atoms with Gasteiger partial charge in [0.05, 0.1) is 5.02 Å². The highest BCUT2D eigenvalue weighted by atomic mass is 79.9. The highest BCUT2D eigenvalue weighted by Gasteiger charge is 2.21. The van der Waals surface area contributed by atoms with Crippen LogP contribution in [0.3, 0.4) is 0 Å². The Morgan fingerprint density at radius 3 is 2.52 bits per heavy atom. The van der Waals surface area contributed by atoms with Gasteiger partial charge in [-0.25, -0.2) is 8.42 Å². The maximum Gasteiger partial charge on any atom is 0.263 e. The summed E-state index contributed by atoms with van der Waals surface area (Å²) in [6.45, 7) is 0.0535. The lowest BCUT2D eigenvalue weighted by molar-refractivity contribution is 0.601. The number of halogens is 3. The number of benzene rings is 2. The molecule has 0 saturated heterocycles. The summed E-state index contributed by atoms with van der Waals surface area (Å²) in [6, 6.07) is 9.60. The minimum atomic E-state index is -3.83. The van der Waals surface area contributed by atoms with Gasteiger partial charge in [0.2, 0.25) is 0 Å². The van der Waals surface area contributed by atoms with Gasteiger partial charge in [0.25, 0.3) is 10.0 Å². The first-order valence-electron chi connectivity index (χ1n) is 5.80. The number of hydrogen-bond donors (Lipinski definition) is 2. The lowest BCUT2D eigenvalue weighted by Gasteiger charge is -2.12. The number of nitrogens with one attached hydrogen (secondary N) is 1. The lowest BCUT2D eigenvalue weighted by Crippen LogP contribution is -2.14. The molecule has 0 amide bonds. The van der Waals surface area contributed by atoms with Crippen LogP contribution in [0.15, 0.2) is 45.8 Å². The van der Waals surface area contributed by atoms with Gasteiger partial charge in [0.15, 0.2) is 0 Å². The number of nitrogens with two attached hydrogens (primary N) is 1. The van der Waals surface area contributed by atoms with Crippen molar-refractivity contribution < 1.29 is 8.42 Å². The molecular weight excluding hydrogens is 399 g/mol.